The number of aliphatic hydroxyl groups excluding tert-OH is 1. The third kappa shape index (κ3) is 6.46. The molecular weight excluding hydrogens is 447 g/mol. The van der Waals surface area contributed by atoms with Crippen LogP contribution in [0.2, 0.25) is 0 Å². The Bertz CT molecular complexity index is 705. The van der Waals surface area contributed by atoms with Gasteiger partial charge in [-0.3, -0.25) is 16.1 Å². The Morgan fingerprint density at radius 3 is 2.75 bits per heavy atom. The van der Waals surface area contributed by atoms with Gasteiger partial charge in [-0.25, -0.2) is 0 Å². The maximum absolute atomic E-state index is 12.4. The average molecular weight is 475 g/mol. The summed E-state index contributed by atoms with van der Waals surface area (Å²) in [5.74, 6) is 0.143. The van der Waals surface area contributed by atoms with Crippen molar-refractivity contribution in [1.82, 2.24) is 0 Å². The number of hydrogen-bond acceptors (Lipinski definition) is 4. The number of unbranched alkanes of at least 4 members (excludes halogenated alkanes) is 2. The molecule has 1 aliphatic rings. The molecular formula is C22H28NO3SY-. The molecule has 4 nitrogen and oxygen atoms in total. The van der Waals surface area contributed by atoms with Crippen molar-refractivity contribution >= 4 is 22.9 Å². The zero-order valence-electron chi connectivity index (χ0n) is 16.5. The number of anilines is 1. The third-order valence-electron chi connectivity index (χ3n) is 5.04. The second-order valence-corrected chi connectivity index (χ2v) is 8.06. The summed E-state index contributed by atoms with van der Waals surface area (Å²) in [7, 11) is 0. The van der Waals surface area contributed by atoms with Crippen LogP contribution in [0, 0.1) is 5.38 Å². The molecule has 6 heteroatoms. The maximum Gasteiger partial charge on any atom is 0.227 e. The van der Waals surface area contributed by atoms with E-state index in [0.29, 0.717) is 19.6 Å². The standard InChI is InChI=1S/C22H28NO3S.Y/c1-2-3-4-7-21(24)17-8-10-18(11-9-17)23-19(12-13-22(23)25)15-26-16-20-6-5-14-27-20;/h5-6,8-11,19,21,24H,2-4,7,12-13,15-16H2,1H3;/q-1;/t19-,21+;/m1./s1. The SMILES string of the molecule is CCCCC[C@H](O)c1ccc(N2C(=O)CC[C@@H]2COCc2cc[c-]s2)cc1.[Y]. The number of rotatable bonds is 10. The summed E-state index contributed by atoms with van der Waals surface area (Å²) in [5.41, 5.74) is 1.81. The molecule has 0 aliphatic carbocycles. The first-order valence-electron chi connectivity index (χ1n) is 9.81. The molecule has 1 N–H and O–H groups in total. The van der Waals surface area contributed by atoms with Crippen LogP contribution in [0.3, 0.4) is 0 Å². The van der Waals surface area contributed by atoms with Crippen molar-refractivity contribution in [2.45, 2.75) is 64.2 Å². The quantitative estimate of drug-likeness (QED) is 0.394. The first-order chi connectivity index (χ1) is 13.2. The molecule has 1 radical (unpaired) electrons. The molecule has 0 unspecified atom stereocenters. The summed E-state index contributed by atoms with van der Waals surface area (Å²) in [4.78, 5) is 15.4. The fourth-order valence-electron chi connectivity index (χ4n) is 3.51. The van der Waals surface area contributed by atoms with Crippen LogP contribution in [0.4, 0.5) is 5.69 Å². The molecule has 0 saturated carbocycles. The van der Waals surface area contributed by atoms with Gasteiger partial charge in [0.2, 0.25) is 5.91 Å². The van der Waals surface area contributed by atoms with Crippen molar-refractivity contribution in [1.29, 1.82) is 0 Å². The van der Waals surface area contributed by atoms with E-state index in [0.717, 1.165) is 48.2 Å². The predicted molar refractivity (Wildman–Crippen MR) is 109 cm³/mol. The van der Waals surface area contributed by atoms with Gasteiger partial charge in [-0.05, 0) is 30.5 Å². The number of benzene rings is 1. The van der Waals surface area contributed by atoms with Crippen molar-refractivity contribution in [3.8, 4) is 0 Å². The van der Waals surface area contributed by atoms with Crippen molar-refractivity contribution < 1.29 is 47.3 Å². The number of aliphatic hydroxyl groups is 1. The Morgan fingerprint density at radius 2 is 2.07 bits per heavy atom. The van der Waals surface area contributed by atoms with E-state index in [9.17, 15) is 9.90 Å². The van der Waals surface area contributed by atoms with E-state index in [2.05, 4.69) is 12.3 Å². The average Bonchev–Trinajstić information content (AvgIpc) is 3.32. The van der Waals surface area contributed by atoms with Gasteiger partial charge < -0.3 is 14.7 Å². The number of carbonyl (C=O) groups is 1. The molecule has 2 heterocycles. The molecule has 1 aromatic heterocycles. The van der Waals surface area contributed by atoms with E-state index >= 15 is 0 Å². The number of ether oxygens (including phenoxy) is 1. The van der Waals surface area contributed by atoms with E-state index in [1.165, 1.54) is 0 Å². The summed E-state index contributed by atoms with van der Waals surface area (Å²) in [5, 5.41) is 13.4. The molecule has 3 rings (SSSR count). The Morgan fingerprint density at radius 1 is 1.29 bits per heavy atom. The van der Waals surface area contributed by atoms with E-state index in [-0.39, 0.29) is 44.7 Å². The summed E-state index contributed by atoms with van der Waals surface area (Å²) in [6.45, 7) is 3.26. The molecule has 0 spiro atoms. The fraction of sp³-hybridized carbons (Fsp3) is 0.500. The largest absolute Gasteiger partial charge is 0.388 e. The zero-order valence-corrected chi connectivity index (χ0v) is 20.1. The van der Waals surface area contributed by atoms with E-state index in [4.69, 9.17) is 4.74 Å². The minimum Gasteiger partial charge on any atom is -0.388 e. The molecule has 1 fully saturated rings. The minimum atomic E-state index is -0.429. The van der Waals surface area contributed by atoms with E-state index < -0.39 is 6.10 Å². The van der Waals surface area contributed by atoms with Gasteiger partial charge in [-0.2, -0.15) is 12.1 Å². The van der Waals surface area contributed by atoms with Crippen LogP contribution in [0.15, 0.2) is 36.4 Å². The normalized spacial score (nSPS) is 17.6. The summed E-state index contributed by atoms with van der Waals surface area (Å²) >= 11 is 1.56. The van der Waals surface area contributed by atoms with Crippen LogP contribution in [0.1, 0.15) is 62.0 Å². The van der Waals surface area contributed by atoms with Crippen LogP contribution in [-0.2, 0) is 48.8 Å². The topological polar surface area (TPSA) is 49.8 Å². The Labute approximate surface area is 197 Å². The van der Waals surface area contributed by atoms with Gasteiger partial charge in [-0.1, -0.05) is 38.3 Å². The van der Waals surface area contributed by atoms with Gasteiger partial charge in [0.15, 0.2) is 0 Å². The predicted octanol–water partition coefficient (Wildman–Crippen LogP) is 4.87. The van der Waals surface area contributed by atoms with Gasteiger partial charge in [0, 0.05) is 51.4 Å². The first kappa shape index (κ1) is 23.7. The van der Waals surface area contributed by atoms with Crippen molar-refractivity contribution in [2.24, 2.45) is 0 Å². The Hall–Kier alpha value is -0.586. The van der Waals surface area contributed by atoms with Crippen LogP contribution >= 0.6 is 11.3 Å². The fourth-order valence-corrected chi connectivity index (χ4v) is 4.08. The maximum atomic E-state index is 12.4. The third-order valence-corrected chi connectivity index (χ3v) is 5.81. The number of thiophene rings is 1. The molecule has 149 valence electrons. The van der Waals surface area contributed by atoms with Gasteiger partial charge in [0.05, 0.1) is 18.8 Å². The number of hydrogen-bond donors (Lipinski definition) is 1. The van der Waals surface area contributed by atoms with Crippen molar-refractivity contribution in [3.63, 3.8) is 0 Å². The molecule has 28 heavy (non-hydrogen) atoms. The van der Waals surface area contributed by atoms with Crippen molar-refractivity contribution in [2.75, 3.05) is 11.5 Å². The molecule has 1 aliphatic heterocycles. The van der Waals surface area contributed by atoms with Gasteiger partial charge in [-0.15, -0.1) is 10.3 Å². The second-order valence-electron chi connectivity index (χ2n) is 7.09. The molecule has 0 bridgehead atoms. The summed E-state index contributed by atoms with van der Waals surface area (Å²) < 4.78 is 5.84. The van der Waals surface area contributed by atoms with Gasteiger partial charge >= 0.3 is 0 Å². The van der Waals surface area contributed by atoms with E-state index in [1.807, 2.05) is 41.3 Å². The van der Waals surface area contributed by atoms with E-state index in [1.54, 1.807) is 11.3 Å². The second kappa shape index (κ2) is 12.2. The molecule has 1 amide bonds. The van der Waals surface area contributed by atoms with Crippen LogP contribution < -0.4 is 4.90 Å². The first-order valence-corrected chi connectivity index (χ1v) is 10.6. The number of amides is 1. The summed E-state index contributed by atoms with van der Waals surface area (Å²) in [6, 6.07) is 11.8. The summed E-state index contributed by atoms with van der Waals surface area (Å²) in [6.07, 6.45) is 5.05. The Kier molecular flexibility index (Phi) is 10.3. The van der Waals surface area contributed by atoms with Crippen LogP contribution in [0.25, 0.3) is 0 Å². The molecule has 1 aromatic carbocycles. The smallest absolute Gasteiger partial charge is 0.227 e. The number of carbonyl (C=O) groups excluding carboxylic acids is 1. The molecule has 2 atom stereocenters. The van der Waals surface area contributed by atoms with Crippen molar-refractivity contribution in [3.05, 3.63) is 52.2 Å². The monoisotopic (exact) mass is 475 g/mol. The molecule has 2 aromatic rings. The van der Waals surface area contributed by atoms with Crippen LogP contribution in [-0.4, -0.2) is 23.7 Å². The van der Waals surface area contributed by atoms with Crippen LogP contribution in [0.5, 0.6) is 0 Å². The van der Waals surface area contributed by atoms with Gasteiger partial charge in [0.25, 0.3) is 0 Å². The van der Waals surface area contributed by atoms with Gasteiger partial charge in [0.1, 0.15) is 0 Å². The zero-order chi connectivity index (χ0) is 19.1. The minimum absolute atomic E-state index is 0. The number of nitrogens with zero attached hydrogens (tertiary/aromatic N) is 1. The Balaban J connectivity index is 0.00000280. The molecule has 1 saturated heterocycles.